The highest BCUT2D eigenvalue weighted by Crippen LogP contribution is 2.37. The molecule has 0 aliphatic carbocycles. The minimum Gasteiger partial charge on any atom is -0.423 e. The van der Waals surface area contributed by atoms with Crippen molar-refractivity contribution in [2.75, 3.05) is 11.9 Å². The fourth-order valence-electron chi connectivity index (χ4n) is 3.68. The molecule has 3 aromatic rings. The molecule has 25 heavy (non-hydrogen) atoms. The summed E-state index contributed by atoms with van der Waals surface area (Å²) in [4.78, 5) is 6.62. The van der Waals surface area contributed by atoms with Crippen LogP contribution in [0.2, 0.25) is 0 Å². The summed E-state index contributed by atoms with van der Waals surface area (Å²) in [6.45, 7) is 3.72. The van der Waals surface area contributed by atoms with Crippen molar-refractivity contribution in [3.8, 4) is 0 Å². The topological polar surface area (TPSA) is 33.1 Å². The Morgan fingerprint density at radius 2 is 2.04 bits per heavy atom. The summed E-state index contributed by atoms with van der Waals surface area (Å²) in [6.07, 6.45) is 3.87. The second-order valence-corrected chi connectivity index (χ2v) is 6.93. The first-order valence-corrected chi connectivity index (χ1v) is 8.39. The molecule has 1 aliphatic heterocycles. The van der Waals surface area contributed by atoms with Crippen LogP contribution in [-0.4, -0.2) is 18.9 Å². The van der Waals surface area contributed by atoms with E-state index in [2.05, 4.69) is 22.8 Å². The summed E-state index contributed by atoms with van der Waals surface area (Å²) in [5.74, 6) is 0.779. The summed E-state index contributed by atoms with van der Waals surface area (Å²) in [5, 5.41) is 1.00. The lowest BCUT2D eigenvalue weighted by molar-refractivity contribution is -0.654. The molecule has 5 heteroatoms. The molecule has 0 saturated carbocycles. The average Bonchev–Trinajstić information content (AvgIpc) is 2.94. The standard InChI is InChI=1S/C20H23BN3O/c1-12-9-18(23(5)11-13(12)2)21-14(3)10-17-16-8-7-15(4)22-19(16)25-20(17)24(21)6/h7-11H,1-6H3/q+1/i2D3. The van der Waals surface area contributed by atoms with Crippen LogP contribution in [0.1, 0.15) is 33.4 Å². The van der Waals surface area contributed by atoms with Crippen molar-refractivity contribution in [1.29, 1.82) is 0 Å². The van der Waals surface area contributed by atoms with Crippen molar-refractivity contribution < 1.29 is 13.1 Å². The molecular formula is C20H23BN3O+. The number of hydrogen-bond donors (Lipinski definition) is 0. The van der Waals surface area contributed by atoms with Crippen molar-refractivity contribution in [2.24, 2.45) is 7.05 Å². The molecule has 0 bridgehead atoms. The molecule has 4 heterocycles. The van der Waals surface area contributed by atoms with Gasteiger partial charge in [0.25, 0.3) is 0 Å². The third-order valence-corrected chi connectivity index (χ3v) is 5.02. The Kier molecular flexibility index (Phi) is 2.80. The molecule has 0 spiro atoms. The second kappa shape index (κ2) is 5.48. The summed E-state index contributed by atoms with van der Waals surface area (Å²) in [7, 11) is 3.90. The number of anilines is 1. The van der Waals surface area contributed by atoms with Gasteiger partial charge in [-0.05, 0) is 52.4 Å². The van der Waals surface area contributed by atoms with E-state index >= 15 is 0 Å². The summed E-state index contributed by atoms with van der Waals surface area (Å²) in [6, 6.07) is 6.01. The number of allylic oxidation sites excluding steroid dienone is 1. The van der Waals surface area contributed by atoms with Gasteiger partial charge in [0.15, 0.2) is 17.7 Å². The Labute approximate surface area is 153 Å². The van der Waals surface area contributed by atoms with Gasteiger partial charge in [0.05, 0.1) is 0 Å². The molecule has 3 aromatic heterocycles. The zero-order valence-corrected chi connectivity index (χ0v) is 15.2. The Morgan fingerprint density at radius 1 is 1.24 bits per heavy atom. The number of rotatable bonds is 1. The first kappa shape index (κ1) is 12.8. The largest absolute Gasteiger partial charge is 0.423 e. The van der Waals surface area contributed by atoms with Crippen molar-refractivity contribution >= 4 is 35.5 Å². The molecule has 0 radical (unpaired) electrons. The third kappa shape index (κ3) is 2.37. The highest BCUT2D eigenvalue weighted by molar-refractivity contribution is 6.82. The van der Waals surface area contributed by atoms with Crippen molar-refractivity contribution in [3.05, 3.63) is 52.3 Å². The van der Waals surface area contributed by atoms with Crippen LogP contribution >= 0.6 is 0 Å². The summed E-state index contributed by atoms with van der Waals surface area (Å²) >= 11 is 0. The number of pyridine rings is 2. The Morgan fingerprint density at radius 3 is 2.80 bits per heavy atom. The molecule has 4 nitrogen and oxygen atoms in total. The van der Waals surface area contributed by atoms with Gasteiger partial charge in [-0.25, -0.2) is 9.55 Å². The number of furan rings is 1. The Hall–Kier alpha value is -2.56. The van der Waals surface area contributed by atoms with E-state index in [0.717, 1.165) is 39.2 Å². The van der Waals surface area contributed by atoms with E-state index in [9.17, 15) is 0 Å². The fourth-order valence-corrected chi connectivity index (χ4v) is 3.68. The van der Waals surface area contributed by atoms with E-state index in [1.165, 1.54) is 0 Å². The molecule has 0 amide bonds. The van der Waals surface area contributed by atoms with Crippen LogP contribution in [0.4, 0.5) is 5.88 Å². The normalized spacial score (nSPS) is 16.4. The van der Waals surface area contributed by atoms with Gasteiger partial charge >= 0.3 is 6.85 Å². The number of hydrogen-bond acceptors (Lipinski definition) is 3. The quantitative estimate of drug-likeness (QED) is 0.506. The number of aromatic nitrogens is 2. The van der Waals surface area contributed by atoms with Crippen LogP contribution in [0.5, 0.6) is 0 Å². The van der Waals surface area contributed by atoms with E-state index < -0.39 is 6.85 Å². The third-order valence-electron chi connectivity index (χ3n) is 5.02. The van der Waals surface area contributed by atoms with Crippen molar-refractivity contribution in [3.63, 3.8) is 0 Å². The van der Waals surface area contributed by atoms with E-state index in [1.807, 2.05) is 50.7 Å². The maximum absolute atomic E-state index is 7.76. The van der Waals surface area contributed by atoms with Crippen LogP contribution in [0.25, 0.3) is 17.2 Å². The minimum atomic E-state index is -2.13. The zero-order chi connectivity index (χ0) is 20.4. The lowest BCUT2D eigenvalue weighted by atomic mass is 9.49. The van der Waals surface area contributed by atoms with Crippen LogP contribution in [0.15, 0.2) is 34.3 Å². The molecule has 1 aliphatic rings. The fraction of sp³-hybridized carbons (Fsp3) is 0.300. The van der Waals surface area contributed by atoms with E-state index in [4.69, 9.17) is 8.53 Å². The van der Waals surface area contributed by atoms with Crippen LogP contribution in [0, 0.1) is 20.7 Å². The average molecular weight is 335 g/mol. The van der Waals surface area contributed by atoms with Crippen molar-refractivity contribution in [2.45, 2.75) is 27.6 Å². The van der Waals surface area contributed by atoms with Crippen molar-refractivity contribution in [1.82, 2.24) is 4.98 Å². The monoisotopic (exact) mass is 335 g/mol. The predicted molar refractivity (Wildman–Crippen MR) is 103 cm³/mol. The smallest absolute Gasteiger partial charge is 0.401 e. The number of nitrogens with zero attached hydrogens (tertiary/aromatic N) is 3. The second-order valence-electron chi connectivity index (χ2n) is 6.93. The maximum atomic E-state index is 7.76. The predicted octanol–water partition coefficient (Wildman–Crippen LogP) is 2.87. The van der Waals surface area contributed by atoms with Gasteiger partial charge in [0, 0.05) is 32.4 Å². The molecule has 0 aromatic carbocycles. The zero-order valence-electron chi connectivity index (χ0n) is 18.2. The van der Waals surface area contributed by atoms with Gasteiger partial charge in [-0.15, -0.1) is 0 Å². The van der Waals surface area contributed by atoms with Gasteiger partial charge < -0.3 is 9.23 Å². The Balaban J connectivity index is 1.86. The first-order valence-electron chi connectivity index (χ1n) is 9.89. The number of aryl methyl sites for hydroxylation is 4. The molecule has 0 atom stereocenters. The minimum absolute atomic E-state index is 0.0523. The van der Waals surface area contributed by atoms with Gasteiger partial charge in [0.1, 0.15) is 7.05 Å². The summed E-state index contributed by atoms with van der Waals surface area (Å²) < 4.78 is 31.3. The molecule has 126 valence electrons. The maximum Gasteiger partial charge on any atom is 0.401 e. The highest BCUT2D eigenvalue weighted by Gasteiger charge is 2.39. The Bertz CT molecular complexity index is 1130. The molecule has 0 fully saturated rings. The van der Waals surface area contributed by atoms with Gasteiger partial charge in [-0.2, -0.15) is 0 Å². The van der Waals surface area contributed by atoms with Crippen LogP contribution in [-0.2, 0) is 7.05 Å². The SMILES string of the molecule is [2H]C([2H])([2H])c1c[n+](C)c(B2C(C)=Cc3c(oc4nc(C)ccc34)N2C)cc1C. The van der Waals surface area contributed by atoms with Gasteiger partial charge in [0.2, 0.25) is 5.71 Å². The first-order chi connectivity index (χ1) is 13.1. The molecular weight excluding hydrogens is 309 g/mol. The lowest BCUT2D eigenvalue weighted by Gasteiger charge is -2.28. The van der Waals surface area contributed by atoms with Gasteiger partial charge in [-0.3, -0.25) is 0 Å². The molecule has 0 unspecified atom stereocenters. The molecule has 0 N–H and O–H groups in total. The van der Waals surface area contributed by atoms with Gasteiger partial charge in [-0.1, -0.05) is 11.5 Å². The highest BCUT2D eigenvalue weighted by atomic mass is 16.4. The molecule has 4 rings (SSSR count). The van der Waals surface area contributed by atoms with E-state index in [-0.39, 0.29) is 6.85 Å². The van der Waals surface area contributed by atoms with E-state index in [1.54, 1.807) is 6.20 Å². The van der Waals surface area contributed by atoms with Crippen LogP contribution < -0.4 is 15.0 Å². The molecule has 0 saturated heterocycles. The summed E-state index contributed by atoms with van der Waals surface area (Å²) in [5.41, 5.74) is 5.91. The van der Waals surface area contributed by atoms with Crippen LogP contribution in [0.3, 0.4) is 0 Å². The lowest BCUT2D eigenvalue weighted by Crippen LogP contribution is -2.62. The number of fused-ring (bicyclic) bond motifs is 3. The van der Waals surface area contributed by atoms with E-state index in [0.29, 0.717) is 11.3 Å².